The molecular formula is C17H26N2O5S. The molecule has 0 aliphatic carbocycles. The first kappa shape index (κ1) is 19.7. The van der Waals surface area contributed by atoms with Crippen LogP contribution in [0, 0.1) is 5.92 Å². The average molecular weight is 370 g/mol. The van der Waals surface area contributed by atoms with Crippen molar-refractivity contribution in [1.29, 1.82) is 0 Å². The maximum Gasteiger partial charge on any atom is 0.240 e. The van der Waals surface area contributed by atoms with Crippen LogP contribution < -0.4 is 9.46 Å². The maximum absolute atomic E-state index is 12.4. The zero-order valence-electron chi connectivity index (χ0n) is 14.7. The van der Waals surface area contributed by atoms with Crippen LogP contribution >= 0.6 is 0 Å². The summed E-state index contributed by atoms with van der Waals surface area (Å²) in [5, 5.41) is 0. The van der Waals surface area contributed by atoms with Crippen LogP contribution in [0.25, 0.3) is 0 Å². The molecule has 0 radical (unpaired) electrons. The topological polar surface area (TPSA) is 84.9 Å². The van der Waals surface area contributed by atoms with Crippen molar-refractivity contribution in [2.45, 2.75) is 24.2 Å². The summed E-state index contributed by atoms with van der Waals surface area (Å²) in [6.45, 7) is 2.03. The van der Waals surface area contributed by atoms with Crippen molar-refractivity contribution >= 4 is 15.9 Å². The number of likely N-dealkylation sites (tertiary alicyclic amines) is 1. The van der Waals surface area contributed by atoms with Gasteiger partial charge < -0.3 is 14.4 Å². The molecule has 8 heteroatoms. The van der Waals surface area contributed by atoms with Crippen LogP contribution in [0.2, 0.25) is 0 Å². The van der Waals surface area contributed by atoms with E-state index in [1.54, 1.807) is 24.1 Å². The lowest BCUT2D eigenvalue weighted by Crippen LogP contribution is -2.43. The van der Waals surface area contributed by atoms with Crippen LogP contribution in [0.5, 0.6) is 5.75 Å². The Morgan fingerprint density at radius 3 is 2.64 bits per heavy atom. The number of ether oxygens (including phenoxy) is 2. The van der Waals surface area contributed by atoms with E-state index in [9.17, 15) is 13.2 Å². The van der Waals surface area contributed by atoms with Crippen molar-refractivity contribution in [3.63, 3.8) is 0 Å². The van der Waals surface area contributed by atoms with Crippen LogP contribution in [0.4, 0.5) is 0 Å². The Labute approximate surface area is 149 Å². The lowest BCUT2D eigenvalue weighted by molar-refractivity contribution is -0.133. The molecule has 1 saturated heterocycles. The number of carbonyl (C=O) groups is 1. The lowest BCUT2D eigenvalue weighted by atomic mass is 9.98. The standard InChI is InChI=1S/C17H26N2O5S/c1-23-11-9-17(20)19-10-3-4-14(13-19)12-18-25(21,22)16-7-5-15(24-2)6-8-16/h5-8,14,18H,3-4,9-13H2,1-2H3. The quantitative estimate of drug-likeness (QED) is 0.744. The fourth-order valence-corrected chi connectivity index (χ4v) is 3.99. The molecule has 1 fully saturated rings. The molecule has 2 rings (SSSR count). The molecule has 0 spiro atoms. The minimum Gasteiger partial charge on any atom is -0.497 e. The van der Waals surface area contributed by atoms with Gasteiger partial charge in [0.1, 0.15) is 5.75 Å². The fourth-order valence-electron chi connectivity index (χ4n) is 2.87. The Hall–Kier alpha value is -1.64. The van der Waals surface area contributed by atoms with Crippen molar-refractivity contribution in [2.75, 3.05) is 40.5 Å². The van der Waals surface area contributed by atoms with Crippen LogP contribution in [0.3, 0.4) is 0 Å². The van der Waals surface area contributed by atoms with Crippen LogP contribution in [0.15, 0.2) is 29.2 Å². The summed E-state index contributed by atoms with van der Waals surface area (Å²) in [7, 11) is -0.464. The van der Waals surface area contributed by atoms with E-state index in [-0.39, 0.29) is 16.7 Å². The first-order chi connectivity index (χ1) is 12.0. The number of sulfonamides is 1. The number of nitrogens with zero attached hydrogens (tertiary/aromatic N) is 1. The Kier molecular flexibility index (Phi) is 7.22. The van der Waals surface area contributed by atoms with Gasteiger partial charge in [0.2, 0.25) is 15.9 Å². The zero-order valence-corrected chi connectivity index (χ0v) is 15.5. The normalized spacial score (nSPS) is 18.2. The molecule has 1 unspecified atom stereocenters. The van der Waals surface area contributed by atoms with Crippen molar-refractivity contribution in [3.8, 4) is 5.75 Å². The molecule has 7 nitrogen and oxygen atoms in total. The van der Waals surface area contributed by atoms with Crippen LogP contribution in [0.1, 0.15) is 19.3 Å². The Morgan fingerprint density at radius 1 is 1.28 bits per heavy atom. The highest BCUT2D eigenvalue weighted by atomic mass is 32.2. The molecule has 0 aromatic heterocycles. The molecule has 1 heterocycles. The molecule has 1 aromatic rings. The van der Waals surface area contributed by atoms with Crippen molar-refractivity contribution in [3.05, 3.63) is 24.3 Å². The van der Waals surface area contributed by atoms with Gasteiger partial charge in [-0.25, -0.2) is 13.1 Å². The number of carbonyl (C=O) groups excluding carboxylic acids is 1. The predicted molar refractivity (Wildman–Crippen MR) is 94.0 cm³/mol. The third-order valence-electron chi connectivity index (χ3n) is 4.32. The Bertz CT molecular complexity index is 660. The van der Waals surface area contributed by atoms with Gasteiger partial charge in [-0.05, 0) is 43.0 Å². The monoisotopic (exact) mass is 370 g/mol. The maximum atomic E-state index is 12.4. The van der Waals surface area contributed by atoms with Crippen molar-refractivity contribution < 1.29 is 22.7 Å². The highest BCUT2D eigenvalue weighted by molar-refractivity contribution is 7.89. The molecule has 0 bridgehead atoms. The van der Waals surface area contributed by atoms with E-state index in [0.29, 0.717) is 31.9 Å². The first-order valence-corrected chi connectivity index (χ1v) is 9.85. The zero-order chi connectivity index (χ0) is 18.3. The summed E-state index contributed by atoms with van der Waals surface area (Å²) in [4.78, 5) is 14.1. The highest BCUT2D eigenvalue weighted by Gasteiger charge is 2.25. The van der Waals surface area contributed by atoms with Crippen LogP contribution in [-0.4, -0.2) is 59.7 Å². The number of benzene rings is 1. The molecule has 1 aromatic carbocycles. The summed E-state index contributed by atoms with van der Waals surface area (Å²) in [6.07, 6.45) is 2.15. The number of rotatable bonds is 8. The Morgan fingerprint density at radius 2 is 2.00 bits per heavy atom. The smallest absolute Gasteiger partial charge is 0.240 e. The molecule has 25 heavy (non-hydrogen) atoms. The molecular weight excluding hydrogens is 344 g/mol. The summed E-state index contributed by atoms with van der Waals surface area (Å²) in [5.74, 6) is 0.786. The van der Waals surface area contributed by atoms with Gasteiger partial charge in [-0.2, -0.15) is 0 Å². The van der Waals surface area contributed by atoms with E-state index >= 15 is 0 Å². The largest absolute Gasteiger partial charge is 0.497 e. The Balaban J connectivity index is 1.89. The molecule has 1 aliphatic heterocycles. The van der Waals surface area contributed by atoms with Gasteiger partial charge in [0, 0.05) is 26.7 Å². The van der Waals surface area contributed by atoms with E-state index in [1.165, 1.54) is 19.2 Å². The second-order valence-electron chi connectivity index (χ2n) is 6.12. The molecule has 1 amide bonds. The van der Waals surface area contributed by atoms with E-state index in [2.05, 4.69) is 4.72 Å². The van der Waals surface area contributed by atoms with Gasteiger partial charge >= 0.3 is 0 Å². The number of nitrogens with one attached hydrogen (secondary N) is 1. The van der Waals surface area contributed by atoms with Crippen LogP contribution in [-0.2, 0) is 19.6 Å². The van der Waals surface area contributed by atoms with Gasteiger partial charge in [0.15, 0.2) is 0 Å². The molecule has 1 atom stereocenters. The number of piperidine rings is 1. The summed E-state index contributed by atoms with van der Waals surface area (Å²) in [5.41, 5.74) is 0. The van der Waals surface area contributed by atoms with Gasteiger partial charge in [-0.1, -0.05) is 0 Å². The second kappa shape index (κ2) is 9.17. The lowest BCUT2D eigenvalue weighted by Gasteiger charge is -2.33. The SMILES string of the molecule is COCCC(=O)N1CCCC(CNS(=O)(=O)c2ccc(OC)cc2)C1. The molecule has 1 N–H and O–H groups in total. The van der Waals surface area contributed by atoms with Crippen molar-refractivity contribution in [2.24, 2.45) is 5.92 Å². The first-order valence-electron chi connectivity index (χ1n) is 8.36. The predicted octanol–water partition coefficient (Wildman–Crippen LogP) is 1.25. The summed E-state index contributed by atoms with van der Waals surface area (Å²) in [6, 6.07) is 6.27. The van der Waals surface area contributed by atoms with Crippen molar-refractivity contribution in [1.82, 2.24) is 9.62 Å². The number of hydrogen-bond acceptors (Lipinski definition) is 5. The van der Waals surface area contributed by atoms with E-state index in [1.807, 2.05) is 0 Å². The van der Waals surface area contributed by atoms with E-state index < -0.39 is 10.0 Å². The number of hydrogen-bond donors (Lipinski definition) is 1. The van der Waals surface area contributed by atoms with Gasteiger partial charge in [0.05, 0.1) is 25.0 Å². The highest BCUT2D eigenvalue weighted by Crippen LogP contribution is 2.19. The van der Waals surface area contributed by atoms with Gasteiger partial charge in [-0.15, -0.1) is 0 Å². The molecule has 0 saturated carbocycles. The third-order valence-corrected chi connectivity index (χ3v) is 5.76. The number of methoxy groups -OCH3 is 2. The fraction of sp³-hybridized carbons (Fsp3) is 0.588. The minimum atomic E-state index is -3.57. The number of amides is 1. The van der Waals surface area contributed by atoms with E-state index in [0.717, 1.165) is 19.4 Å². The molecule has 1 aliphatic rings. The minimum absolute atomic E-state index is 0.0598. The van der Waals surface area contributed by atoms with E-state index in [4.69, 9.17) is 9.47 Å². The summed E-state index contributed by atoms with van der Waals surface area (Å²) < 4.78 is 37.4. The molecule has 140 valence electrons. The average Bonchev–Trinajstić information content (AvgIpc) is 2.64. The summed E-state index contributed by atoms with van der Waals surface area (Å²) >= 11 is 0. The van der Waals surface area contributed by atoms with Gasteiger partial charge in [0.25, 0.3) is 0 Å². The third kappa shape index (κ3) is 5.69. The second-order valence-corrected chi connectivity index (χ2v) is 7.89. The van der Waals surface area contributed by atoms with Gasteiger partial charge in [-0.3, -0.25) is 4.79 Å².